The molecule has 1 aromatic heterocycles. The lowest BCUT2D eigenvalue weighted by Crippen LogP contribution is -2.43. The van der Waals surface area contributed by atoms with Crippen LogP contribution in [-0.4, -0.2) is 61.8 Å². The second-order valence-electron chi connectivity index (χ2n) is 7.55. The highest BCUT2D eigenvalue weighted by Gasteiger charge is 2.18. The standard InChI is InChI=1S/C24H31N5O.HI/c1-2-25-24(29-13-10-21(11-14-29)20-7-4-3-5-8-20)27-19-22-9-6-12-26-23(22)28-15-17-30-18-16-28;/h3-10,12H,2,11,13-19H2,1H3,(H,25,27);1H. The van der Waals surface area contributed by atoms with E-state index in [1.165, 1.54) is 11.1 Å². The molecule has 6 nitrogen and oxygen atoms in total. The second kappa shape index (κ2) is 12.0. The summed E-state index contributed by atoms with van der Waals surface area (Å²) >= 11 is 0. The molecule has 1 saturated heterocycles. The topological polar surface area (TPSA) is 53.0 Å². The Hall–Kier alpha value is -2.13. The van der Waals surface area contributed by atoms with E-state index >= 15 is 0 Å². The Morgan fingerprint density at radius 1 is 1.10 bits per heavy atom. The molecule has 2 aliphatic rings. The number of anilines is 1. The lowest BCUT2D eigenvalue weighted by Gasteiger charge is -2.30. The fourth-order valence-electron chi connectivity index (χ4n) is 3.98. The maximum absolute atomic E-state index is 5.49. The van der Waals surface area contributed by atoms with Crippen molar-refractivity contribution in [1.82, 2.24) is 15.2 Å². The van der Waals surface area contributed by atoms with Crippen LogP contribution in [0.5, 0.6) is 0 Å². The molecule has 31 heavy (non-hydrogen) atoms. The molecule has 0 unspecified atom stereocenters. The van der Waals surface area contributed by atoms with E-state index < -0.39 is 0 Å². The molecular weight excluding hydrogens is 501 g/mol. The molecule has 7 heteroatoms. The van der Waals surface area contributed by atoms with E-state index in [1.807, 2.05) is 12.3 Å². The highest BCUT2D eigenvalue weighted by atomic mass is 127. The smallest absolute Gasteiger partial charge is 0.194 e. The number of pyridine rings is 1. The number of nitrogens with one attached hydrogen (secondary N) is 1. The Kier molecular flexibility index (Phi) is 9.14. The predicted octanol–water partition coefficient (Wildman–Crippen LogP) is 3.79. The first kappa shape index (κ1) is 23.5. The second-order valence-corrected chi connectivity index (χ2v) is 7.55. The SMILES string of the molecule is CCNC(=NCc1cccnc1N1CCOCC1)N1CC=C(c2ccccc2)CC1.I. The lowest BCUT2D eigenvalue weighted by molar-refractivity contribution is 0.122. The monoisotopic (exact) mass is 533 g/mol. The van der Waals surface area contributed by atoms with Crippen LogP contribution in [0.2, 0.25) is 0 Å². The zero-order valence-electron chi connectivity index (χ0n) is 18.2. The van der Waals surface area contributed by atoms with Crippen molar-refractivity contribution in [3.8, 4) is 0 Å². The van der Waals surface area contributed by atoms with Crippen LogP contribution < -0.4 is 10.2 Å². The van der Waals surface area contributed by atoms with Gasteiger partial charge >= 0.3 is 0 Å². The summed E-state index contributed by atoms with van der Waals surface area (Å²) in [5, 5.41) is 3.47. The minimum atomic E-state index is 0. The summed E-state index contributed by atoms with van der Waals surface area (Å²) in [6.45, 7) is 8.71. The van der Waals surface area contributed by atoms with Crippen LogP contribution >= 0.6 is 24.0 Å². The molecule has 0 amide bonds. The fourth-order valence-corrected chi connectivity index (χ4v) is 3.98. The van der Waals surface area contributed by atoms with E-state index in [9.17, 15) is 0 Å². The molecule has 0 bridgehead atoms. The van der Waals surface area contributed by atoms with E-state index in [0.717, 1.165) is 69.7 Å². The van der Waals surface area contributed by atoms with Crippen LogP contribution in [-0.2, 0) is 11.3 Å². The predicted molar refractivity (Wildman–Crippen MR) is 138 cm³/mol. The van der Waals surface area contributed by atoms with Gasteiger partial charge in [-0.15, -0.1) is 24.0 Å². The van der Waals surface area contributed by atoms with E-state index in [2.05, 4.69) is 69.5 Å². The number of rotatable bonds is 5. The zero-order chi connectivity index (χ0) is 20.6. The van der Waals surface area contributed by atoms with Gasteiger partial charge in [0.05, 0.1) is 19.8 Å². The third-order valence-corrected chi connectivity index (χ3v) is 5.57. The highest BCUT2D eigenvalue weighted by Crippen LogP contribution is 2.23. The van der Waals surface area contributed by atoms with Gasteiger partial charge in [-0.05, 0) is 30.5 Å². The van der Waals surface area contributed by atoms with Gasteiger partial charge in [0.1, 0.15) is 5.82 Å². The Balaban J connectivity index is 0.00000272. The van der Waals surface area contributed by atoms with Gasteiger partial charge in [0, 0.05) is 44.5 Å². The maximum Gasteiger partial charge on any atom is 0.194 e. The third kappa shape index (κ3) is 6.20. The van der Waals surface area contributed by atoms with Crippen molar-refractivity contribution in [1.29, 1.82) is 0 Å². The highest BCUT2D eigenvalue weighted by molar-refractivity contribution is 14.0. The molecule has 4 rings (SSSR count). The van der Waals surface area contributed by atoms with Crippen molar-refractivity contribution in [3.63, 3.8) is 0 Å². The first-order chi connectivity index (χ1) is 14.8. The summed E-state index contributed by atoms with van der Waals surface area (Å²) in [4.78, 5) is 14.2. The Bertz CT molecular complexity index is 881. The van der Waals surface area contributed by atoms with Gasteiger partial charge < -0.3 is 19.9 Å². The normalized spacial score (nSPS) is 17.1. The van der Waals surface area contributed by atoms with Gasteiger partial charge in [0.2, 0.25) is 0 Å². The molecule has 2 aliphatic heterocycles. The summed E-state index contributed by atoms with van der Waals surface area (Å²) in [6.07, 6.45) is 5.22. The Morgan fingerprint density at radius 2 is 1.90 bits per heavy atom. The lowest BCUT2D eigenvalue weighted by atomic mass is 10.00. The average molecular weight is 533 g/mol. The maximum atomic E-state index is 5.49. The summed E-state index contributed by atoms with van der Waals surface area (Å²) < 4.78 is 5.49. The summed E-state index contributed by atoms with van der Waals surface area (Å²) in [5.74, 6) is 2.00. The van der Waals surface area contributed by atoms with Crippen molar-refractivity contribution < 1.29 is 4.74 Å². The number of halogens is 1. The largest absolute Gasteiger partial charge is 0.378 e. The Labute approximate surface area is 202 Å². The van der Waals surface area contributed by atoms with Gasteiger partial charge in [-0.2, -0.15) is 0 Å². The van der Waals surface area contributed by atoms with Crippen molar-refractivity contribution in [3.05, 3.63) is 65.9 Å². The zero-order valence-corrected chi connectivity index (χ0v) is 20.5. The summed E-state index contributed by atoms with van der Waals surface area (Å²) in [6, 6.07) is 14.8. The van der Waals surface area contributed by atoms with Crippen LogP contribution in [0.15, 0.2) is 59.7 Å². The molecule has 1 N–H and O–H groups in total. The molecule has 0 radical (unpaired) electrons. The van der Waals surface area contributed by atoms with E-state index in [-0.39, 0.29) is 24.0 Å². The van der Waals surface area contributed by atoms with Gasteiger partial charge in [0.15, 0.2) is 5.96 Å². The van der Waals surface area contributed by atoms with Gasteiger partial charge in [-0.1, -0.05) is 42.5 Å². The van der Waals surface area contributed by atoms with Crippen LogP contribution in [0.1, 0.15) is 24.5 Å². The van der Waals surface area contributed by atoms with Crippen molar-refractivity contribution in [2.75, 3.05) is 50.8 Å². The molecule has 1 aromatic carbocycles. The average Bonchev–Trinajstić information content (AvgIpc) is 2.83. The number of morpholine rings is 1. The molecule has 0 atom stereocenters. The number of guanidine groups is 1. The first-order valence-corrected chi connectivity index (χ1v) is 10.9. The quantitative estimate of drug-likeness (QED) is 0.360. The first-order valence-electron chi connectivity index (χ1n) is 10.9. The van der Waals surface area contributed by atoms with Gasteiger partial charge in [-0.25, -0.2) is 9.98 Å². The molecule has 0 saturated carbocycles. The van der Waals surface area contributed by atoms with E-state index in [1.54, 1.807) is 0 Å². The van der Waals surface area contributed by atoms with Crippen LogP contribution in [0.4, 0.5) is 5.82 Å². The number of hydrogen-bond donors (Lipinski definition) is 1. The molecule has 3 heterocycles. The number of benzene rings is 1. The number of hydrogen-bond acceptors (Lipinski definition) is 4. The van der Waals surface area contributed by atoms with Crippen LogP contribution in [0, 0.1) is 0 Å². The molecule has 0 spiro atoms. The molecule has 166 valence electrons. The number of aromatic nitrogens is 1. The van der Waals surface area contributed by atoms with Crippen molar-refractivity contribution in [2.45, 2.75) is 19.9 Å². The van der Waals surface area contributed by atoms with E-state index in [0.29, 0.717) is 6.54 Å². The number of ether oxygens (including phenoxy) is 1. The van der Waals surface area contributed by atoms with Crippen molar-refractivity contribution in [2.24, 2.45) is 4.99 Å². The van der Waals surface area contributed by atoms with Crippen molar-refractivity contribution >= 4 is 41.3 Å². The molecule has 0 aliphatic carbocycles. The van der Waals surface area contributed by atoms with E-state index in [4.69, 9.17) is 9.73 Å². The minimum absolute atomic E-state index is 0. The number of aliphatic imine (C=N–C) groups is 1. The van der Waals surface area contributed by atoms with Gasteiger partial charge in [0.25, 0.3) is 0 Å². The molecular formula is C24H32IN5O. The molecule has 2 aromatic rings. The fraction of sp³-hybridized carbons (Fsp3) is 0.417. The minimum Gasteiger partial charge on any atom is -0.378 e. The van der Waals surface area contributed by atoms with Crippen LogP contribution in [0.25, 0.3) is 5.57 Å². The molecule has 1 fully saturated rings. The van der Waals surface area contributed by atoms with Gasteiger partial charge in [-0.3, -0.25) is 0 Å². The summed E-state index contributed by atoms with van der Waals surface area (Å²) in [7, 11) is 0. The Morgan fingerprint density at radius 3 is 2.61 bits per heavy atom. The third-order valence-electron chi connectivity index (χ3n) is 5.57. The summed E-state index contributed by atoms with van der Waals surface area (Å²) in [5.41, 5.74) is 3.90. The number of nitrogens with zero attached hydrogens (tertiary/aromatic N) is 4. The van der Waals surface area contributed by atoms with Crippen LogP contribution in [0.3, 0.4) is 0 Å².